The lowest BCUT2D eigenvalue weighted by molar-refractivity contribution is 0.0717. The number of rotatable bonds is 6. The second kappa shape index (κ2) is 8.93. The Balaban J connectivity index is 1.28. The smallest absolute Gasteiger partial charge is 0.257 e. The molecule has 0 spiro atoms. The van der Waals surface area contributed by atoms with Crippen LogP contribution < -0.4 is 5.32 Å². The molecular formula is C21H22N4O2S. The van der Waals surface area contributed by atoms with Crippen molar-refractivity contribution >= 4 is 23.5 Å². The second-order valence-electron chi connectivity index (χ2n) is 6.74. The van der Waals surface area contributed by atoms with Crippen molar-refractivity contribution < 1.29 is 9.21 Å². The maximum Gasteiger partial charge on any atom is 0.257 e. The first-order valence-corrected chi connectivity index (χ1v) is 10.3. The van der Waals surface area contributed by atoms with Gasteiger partial charge in [0, 0.05) is 24.9 Å². The fourth-order valence-corrected chi connectivity index (χ4v) is 4.03. The summed E-state index contributed by atoms with van der Waals surface area (Å²) in [5, 5.41) is 4.37. The van der Waals surface area contributed by atoms with Crippen molar-refractivity contribution in [3.05, 3.63) is 72.4 Å². The van der Waals surface area contributed by atoms with Crippen LogP contribution in [-0.4, -0.2) is 39.9 Å². The first-order valence-electron chi connectivity index (χ1n) is 9.35. The van der Waals surface area contributed by atoms with Gasteiger partial charge >= 0.3 is 0 Å². The van der Waals surface area contributed by atoms with Crippen molar-refractivity contribution in [2.45, 2.75) is 29.7 Å². The molecule has 28 heavy (non-hydrogen) atoms. The Labute approximate surface area is 168 Å². The number of aromatic nitrogens is 2. The molecule has 0 atom stereocenters. The van der Waals surface area contributed by atoms with Gasteiger partial charge in [0.25, 0.3) is 5.91 Å². The quantitative estimate of drug-likeness (QED) is 0.635. The number of anilines is 1. The molecule has 0 unspecified atom stereocenters. The van der Waals surface area contributed by atoms with Gasteiger partial charge in [0.15, 0.2) is 0 Å². The highest BCUT2D eigenvalue weighted by atomic mass is 32.2. The summed E-state index contributed by atoms with van der Waals surface area (Å²) in [7, 11) is 0. The van der Waals surface area contributed by atoms with Gasteiger partial charge in [0.1, 0.15) is 17.1 Å². The lowest BCUT2D eigenvalue weighted by Gasteiger charge is -2.32. The molecule has 4 rings (SSSR count). The van der Waals surface area contributed by atoms with E-state index in [1.54, 1.807) is 30.2 Å². The van der Waals surface area contributed by atoms with Crippen LogP contribution in [0, 0.1) is 0 Å². The van der Waals surface area contributed by atoms with Crippen molar-refractivity contribution in [3.63, 3.8) is 0 Å². The summed E-state index contributed by atoms with van der Waals surface area (Å²) < 4.78 is 5.01. The second-order valence-corrected chi connectivity index (χ2v) is 7.74. The number of furan rings is 1. The molecule has 3 aromatic rings. The molecule has 2 aromatic heterocycles. The molecule has 0 aliphatic carbocycles. The normalized spacial score (nSPS) is 14.8. The molecule has 1 aliphatic heterocycles. The third-order valence-corrected chi connectivity index (χ3v) is 5.71. The van der Waals surface area contributed by atoms with E-state index in [0.717, 1.165) is 42.5 Å². The van der Waals surface area contributed by atoms with E-state index in [1.165, 1.54) is 18.1 Å². The van der Waals surface area contributed by atoms with Crippen LogP contribution in [0.15, 0.2) is 70.8 Å². The van der Waals surface area contributed by atoms with Gasteiger partial charge in [-0.3, -0.25) is 9.78 Å². The van der Waals surface area contributed by atoms with E-state index in [-0.39, 0.29) is 11.9 Å². The summed E-state index contributed by atoms with van der Waals surface area (Å²) in [6, 6.07) is 12.3. The predicted octanol–water partition coefficient (Wildman–Crippen LogP) is 4.08. The van der Waals surface area contributed by atoms with E-state index in [1.807, 2.05) is 23.1 Å². The number of nitrogens with zero attached hydrogens (tertiary/aromatic N) is 3. The molecular weight excluding hydrogens is 372 g/mol. The van der Waals surface area contributed by atoms with Crippen molar-refractivity contribution in [1.82, 2.24) is 14.9 Å². The Morgan fingerprint density at radius 1 is 1.18 bits per heavy atom. The molecule has 1 N–H and O–H groups in total. The number of piperidine rings is 1. The summed E-state index contributed by atoms with van der Waals surface area (Å²) >= 11 is 1.68. The molecule has 0 saturated carbocycles. The summed E-state index contributed by atoms with van der Waals surface area (Å²) in [4.78, 5) is 23.2. The third-order valence-electron chi connectivity index (χ3n) is 4.74. The molecule has 0 bridgehead atoms. The minimum atomic E-state index is 0.0336. The van der Waals surface area contributed by atoms with Gasteiger partial charge in [-0.25, -0.2) is 4.98 Å². The van der Waals surface area contributed by atoms with Gasteiger partial charge in [0.05, 0.1) is 24.2 Å². The van der Waals surface area contributed by atoms with E-state index in [4.69, 9.17) is 4.42 Å². The zero-order chi connectivity index (χ0) is 19.2. The van der Waals surface area contributed by atoms with Crippen LogP contribution in [0.4, 0.5) is 5.82 Å². The van der Waals surface area contributed by atoms with E-state index in [9.17, 15) is 4.79 Å². The van der Waals surface area contributed by atoms with E-state index in [2.05, 4.69) is 27.4 Å². The van der Waals surface area contributed by atoms with Crippen LogP contribution >= 0.6 is 11.8 Å². The fourth-order valence-electron chi connectivity index (χ4n) is 3.22. The van der Waals surface area contributed by atoms with Gasteiger partial charge in [0.2, 0.25) is 0 Å². The van der Waals surface area contributed by atoms with Crippen molar-refractivity contribution in [2.75, 3.05) is 18.4 Å². The summed E-state index contributed by atoms with van der Waals surface area (Å²) in [6.45, 7) is 1.44. The fraction of sp³-hybridized carbons (Fsp3) is 0.286. The number of benzene rings is 1. The SMILES string of the molecule is O=C(c1ccoc1)N1CCC(Nc2cncc(SCc3ccccc3)n2)CC1. The lowest BCUT2D eigenvalue weighted by Crippen LogP contribution is -2.42. The zero-order valence-corrected chi connectivity index (χ0v) is 16.3. The highest BCUT2D eigenvalue weighted by Crippen LogP contribution is 2.22. The van der Waals surface area contributed by atoms with Gasteiger partial charge in [-0.2, -0.15) is 0 Å². The van der Waals surface area contributed by atoms with Gasteiger partial charge in [-0.15, -0.1) is 11.8 Å². The largest absolute Gasteiger partial charge is 0.472 e. The topological polar surface area (TPSA) is 71.3 Å². The summed E-state index contributed by atoms with van der Waals surface area (Å²) in [5.41, 5.74) is 1.88. The molecule has 6 nitrogen and oxygen atoms in total. The standard InChI is InChI=1S/C21H22N4O2S/c26-21(17-8-11-27-14-17)25-9-6-18(7-10-25)23-19-12-22-13-20(24-19)28-15-16-4-2-1-3-5-16/h1-5,8,11-14,18H,6-7,9-10,15H2,(H,23,24). The van der Waals surface area contributed by atoms with Gasteiger partial charge in [-0.1, -0.05) is 30.3 Å². The Hall–Kier alpha value is -2.80. The number of hydrogen-bond acceptors (Lipinski definition) is 6. The van der Waals surface area contributed by atoms with Crippen LogP contribution in [-0.2, 0) is 5.75 Å². The number of likely N-dealkylation sites (tertiary alicyclic amines) is 1. The summed E-state index contributed by atoms with van der Waals surface area (Å²) in [6.07, 6.45) is 8.35. The molecule has 1 amide bonds. The number of thioether (sulfide) groups is 1. The van der Waals surface area contributed by atoms with Crippen molar-refractivity contribution in [3.8, 4) is 0 Å². The summed E-state index contributed by atoms with van der Waals surface area (Å²) in [5.74, 6) is 1.69. The predicted molar refractivity (Wildman–Crippen MR) is 109 cm³/mol. The minimum absolute atomic E-state index is 0.0336. The molecule has 3 heterocycles. The Morgan fingerprint density at radius 2 is 2.00 bits per heavy atom. The number of carbonyl (C=O) groups is 1. The first kappa shape index (κ1) is 18.6. The number of hydrogen-bond donors (Lipinski definition) is 1. The molecule has 1 saturated heterocycles. The van der Waals surface area contributed by atoms with Crippen LogP contribution in [0.3, 0.4) is 0 Å². The average molecular weight is 395 g/mol. The van der Waals surface area contributed by atoms with Crippen LogP contribution in [0.5, 0.6) is 0 Å². The minimum Gasteiger partial charge on any atom is -0.472 e. The number of amides is 1. The lowest BCUT2D eigenvalue weighted by atomic mass is 10.0. The Kier molecular flexibility index (Phi) is 5.92. The van der Waals surface area contributed by atoms with Crippen LogP contribution in [0.25, 0.3) is 0 Å². The van der Waals surface area contributed by atoms with Crippen molar-refractivity contribution in [2.24, 2.45) is 0 Å². The van der Waals surface area contributed by atoms with E-state index in [0.29, 0.717) is 5.56 Å². The van der Waals surface area contributed by atoms with E-state index < -0.39 is 0 Å². The Morgan fingerprint density at radius 3 is 2.75 bits per heavy atom. The van der Waals surface area contributed by atoms with E-state index >= 15 is 0 Å². The third kappa shape index (κ3) is 4.72. The highest BCUT2D eigenvalue weighted by molar-refractivity contribution is 7.98. The number of carbonyl (C=O) groups excluding carboxylic acids is 1. The molecule has 0 radical (unpaired) electrons. The molecule has 1 aliphatic rings. The van der Waals surface area contributed by atoms with Crippen molar-refractivity contribution in [1.29, 1.82) is 0 Å². The average Bonchev–Trinajstić information content (AvgIpc) is 3.28. The first-order chi connectivity index (χ1) is 13.8. The maximum atomic E-state index is 12.4. The zero-order valence-electron chi connectivity index (χ0n) is 15.5. The molecule has 7 heteroatoms. The van der Waals surface area contributed by atoms with Gasteiger partial charge in [-0.05, 0) is 24.5 Å². The molecule has 1 fully saturated rings. The molecule has 144 valence electrons. The van der Waals surface area contributed by atoms with Crippen LogP contribution in [0.2, 0.25) is 0 Å². The Bertz CT molecular complexity index is 894. The molecule has 1 aromatic carbocycles. The number of nitrogens with one attached hydrogen (secondary N) is 1. The van der Waals surface area contributed by atoms with Gasteiger partial charge < -0.3 is 14.6 Å². The highest BCUT2D eigenvalue weighted by Gasteiger charge is 2.24. The maximum absolute atomic E-state index is 12.4. The monoisotopic (exact) mass is 394 g/mol. The van der Waals surface area contributed by atoms with Crippen LogP contribution in [0.1, 0.15) is 28.8 Å².